The molecule has 1 aliphatic rings. The largest absolute Gasteiger partial charge is 0.478 e. The molecule has 0 aliphatic carbocycles. The molecule has 1 aromatic rings. The highest BCUT2D eigenvalue weighted by molar-refractivity contribution is 7.16. The van der Waals surface area contributed by atoms with E-state index in [4.69, 9.17) is 14.9 Å². The van der Waals surface area contributed by atoms with Crippen LogP contribution in [0.15, 0.2) is 11.1 Å². The molecule has 0 amide bonds. The van der Waals surface area contributed by atoms with E-state index in [1.54, 1.807) is 0 Å². The molecule has 0 atom stereocenters. The third kappa shape index (κ3) is 2.21. The van der Waals surface area contributed by atoms with Gasteiger partial charge in [0.2, 0.25) is 5.90 Å². The first-order valence-corrected chi connectivity index (χ1v) is 5.95. The van der Waals surface area contributed by atoms with Gasteiger partial charge in [0, 0.05) is 0 Å². The molecule has 0 radical (unpaired) electrons. The van der Waals surface area contributed by atoms with E-state index >= 15 is 0 Å². The molecule has 1 aromatic heterocycles. The molecule has 0 spiro atoms. The Morgan fingerprint density at radius 3 is 2.50 bits per heavy atom. The van der Waals surface area contributed by atoms with E-state index in [0.29, 0.717) is 6.61 Å². The van der Waals surface area contributed by atoms with Crippen LogP contribution in [-0.2, 0) is 4.74 Å². The number of nitrogens with zero attached hydrogens (tertiary/aromatic N) is 1. The Labute approximate surface area is 107 Å². The molecule has 2 heterocycles. The Morgan fingerprint density at radius 1 is 1.39 bits per heavy atom. The van der Waals surface area contributed by atoms with Crippen LogP contribution < -0.4 is 0 Å². The van der Waals surface area contributed by atoms with Crippen molar-refractivity contribution in [2.24, 2.45) is 4.99 Å². The topological polar surface area (TPSA) is 96.2 Å². The van der Waals surface area contributed by atoms with Crippen molar-refractivity contribution in [2.75, 3.05) is 6.61 Å². The smallest absolute Gasteiger partial charge is 0.345 e. The molecule has 0 unspecified atom stereocenters. The van der Waals surface area contributed by atoms with Crippen molar-refractivity contribution < 1.29 is 24.5 Å². The average Bonchev–Trinajstić information content (AvgIpc) is 2.80. The Morgan fingerprint density at radius 2 is 2.06 bits per heavy atom. The highest BCUT2D eigenvalue weighted by atomic mass is 32.1. The normalized spacial score (nSPS) is 17.1. The quantitative estimate of drug-likeness (QED) is 0.870. The van der Waals surface area contributed by atoms with Gasteiger partial charge in [-0.15, -0.1) is 11.3 Å². The number of carboxylic acids is 2. The standard InChI is InChI=1S/C11H11NO5S/c1-11(2)4-17-8(12-11)7-5(9(13)14)3-6(18-7)10(15)16/h3H,4H2,1-2H3,(H,13,14)(H,15,16). The van der Waals surface area contributed by atoms with Gasteiger partial charge in [0.1, 0.15) is 16.4 Å². The molecular formula is C11H11NO5S. The summed E-state index contributed by atoms with van der Waals surface area (Å²) in [4.78, 5) is 26.4. The number of carboxylic acid groups (broad SMARTS) is 2. The molecule has 0 saturated carbocycles. The summed E-state index contributed by atoms with van der Waals surface area (Å²) in [6.45, 7) is 4.06. The van der Waals surface area contributed by atoms with Crippen LogP contribution in [0.3, 0.4) is 0 Å². The van der Waals surface area contributed by atoms with Gasteiger partial charge in [0.15, 0.2) is 0 Å². The second-order valence-corrected chi connectivity index (χ2v) is 5.53. The van der Waals surface area contributed by atoms with E-state index < -0.39 is 17.5 Å². The zero-order chi connectivity index (χ0) is 13.5. The van der Waals surface area contributed by atoms with Gasteiger partial charge in [-0.25, -0.2) is 14.6 Å². The number of aliphatic imine (C=N–C) groups is 1. The summed E-state index contributed by atoms with van der Waals surface area (Å²) in [6.07, 6.45) is 0. The average molecular weight is 269 g/mol. The number of thiophene rings is 1. The maximum Gasteiger partial charge on any atom is 0.345 e. The number of rotatable bonds is 3. The second-order valence-electron chi connectivity index (χ2n) is 4.48. The van der Waals surface area contributed by atoms with E-state index in [2.05, 4.69) is 4.99 Å². The summed E-state index contributed by atoms with van der Waals surface area (Å²) < 4.78 is 5.34. The molecule has 18 heavy (non-hydrogen) atoms. The fourth-order valence-electron chi connectivity index (χ4n) is 1.51. The van der Waals surface area contributed by atoms with Crippen molar-refractivity contribution in [1.82, 2.24) is 0 Å². The highest BCUT2D eigenvalue weighted by Gasteiger charge is 2.31. The highest BCUT2D eigenvalue weighted by Crippen LogP contribution is 2.28. The van der Waals surface area contributed by atoms with E-state index in [1.807, 2.05) is 13.8 Å². The van der Waals surface area contributed by atoms with Gasteiger partial charge in [0.05, 0.1) is 11.1 Å². The van der Waals surface area contributed by atoms with Gasteiger partial charge < -0.3 is 14.9 Å². The number of hydrogen-bond acceptors (Lipinski definition) is 5. The van der Waals surface area contributed by atoms with Crippen molar-refractivity contribution in [1.29, 1.82) is 0 Å². The first-order valence-electron chi connectivity index (χ1n) is 5.13. The molecule has 2 rings (SSSR count). The van der Waals surface area contributed by atoms with Crippen molar-refractivity contribution in [2.45, 2.75) is 19.4 Å². The molecule has 0 aromatic carbocycles. The Bertz CT molecular complexity index is 558. The van der Waals surface area contributed by atoms with Crippen LogP contribution in [-0.4, -0.2) is 40.2 Å². The lowest BCUT2D eigenvalue weighted by molar-refractivity contribution is 0.0695. The first-order chi connectivity index (χ1) is 8.30. The molecule has 96 valence electrons. The number of hydrogen-bond donors (Lipinski definition) is 2. The lowest BCUT2D eigenvalue weighted by Crippen LogP contribution is -2.17. The van der Waals surface area contributed by atoms with Crippen LogP contribution in [0.2, 0.25) is 0 Å². The third-order valence-electron chi connectivity index (χ3n) is 2.33. The van der Waals surface area contributed by atoms with E-state index in [0.717, 1.165) is 17.4 Å². The monoisotopic (exact) mass is 269 g/mol. The zero-order valence-electron chi connectivity index (χ0n) is 9.76. The minimum absolute atomic E-state index is 0.0431. The fraction of sp³-hybridized carbons (Fsp3) is 0.364. The summed E-state index contributed by atoms with van der Waals surface area (Å²) in [5.74, 6) is -2.15. The van der Waals surface area contributed by atoms with Crippen molar-refractivity contribution in [3.63, 3.8) is 0 Å². The number of carbonyl (C=O) groups is 2. The summed E-state index contributed by atoms with van der Waals surface area (Å²) in [7, 11) is 0. The molecule has 7 heteroatoms. The van der Waals surface area contributed by atoms with Crippen LogP contribution in [0.1, 0.15) is 38.8 Å². The third-order valence-corrected chi connectivity index (χ3v) is 3.44. The van der Waals surface area contributed by atoms with E-state index in [1.165, 1.54) is 0 Å². The predicted octanol–water partition coefficient (Wildman–Crippen LogP) is 1.70. The Hall–Kier alpha value is -1.89. The fourth-order valence-corrected chi connectivity index (χ4v) is 2.45. The molecule has 0 fully saturated rings. The molecule has 6 nitrogen and oxygen atoms in total. The zero-order valence-corrected chi connectivity index (χ0v) is 10.6. The maximum atomic E-state index is 11.1. The van der Waals surface area contributed by atoms with Gasteiger partial charge in [-0.05, 0) is 19.9 Å². The Kier molecular flexibility index (Phi) is 2.86. The van der Waals surface area contributed by atoms with Crippen LogP contribution in [0, 0.1) is 0 Å². The molecule has 1 aliphatic heterocycles. The first kappa shape index (κ1) is 12.6. The lowest BCUT2D eigenvalue weighted by Gasteiger charge is -2.07. The number of aromatic carboxylic acids is 2. The van der Waals surface area contributed by atoms with Crippen LogP contribution in [0.4, 0.5) is 0 Å². The van der Waals surface area contributed by atoms with E-state index in [-0.39, 0.29) is 21.2 Å². The van der Waals surface area contributed by atoms with Crippen LogP contribution in [0.5, 0.6) is 0 Å². The van der Waals surface area contributed by atoms with Crippen LogP contribution in [0.25, 0.3) is 0 Å². The van der Waals surface area contributed by atoms with Gasteiger partial charge in [-0.1, -0.05) is 0 Å². The van der Waals surface area contributed by atoms with Crippen molar-refractivity contribution in [3.8, 4) is 0 Å². The SMILES string of the molecule is CC1(C)COC(c2sc(C(=O)O)cc2C(=O)O)=N1. The van der Waals surface area contributed by atoms with Crippen LogP contribution >= 0.6 is 11.3 Å². The minimum atomic E-state index is -1.19. The molecular weight excluding hydrogens is 258 g/mol. The van der Waals surface area contributed by atoms with Crippen molar-refractivity contribution in [3.05, 3.63) is 21.4 Å². The van der Waals surface area contributed by atoms with Crippen molar-refractivity contribution >= 4 is 29.2 Å². The van der Waals surface area contributed by atoms with Gasteiger partial charge in [0.25, 0.3) is 0 Å². The van der Waals surface area contributed by atoms with Gasteiger partial charge in [-0.3, -0.25) is 0 Å². The summed E-state index contributed by atoms with van der Waals surface area (Å²) >= 11 is 0.858. The van der Waals surface area contributed by atoms with Gasteiger partial charge in [-0.2, -0.15) is 0 Å². The summed E-state index contributed by atoms with van der Waals surface area (Å²) in [6, 6.07) is 1.13. The maximum absolute atomic E-state index is 11.1. The summed E-state index contributed by atoms with van der Waals surface area (Å²) in [5, 5.41) is 17.9. The predicted molar refractivity (Wildman–Crippen MR) is 64.8 cm³/mol. The van der Waals surface area contributed by atoms with E-state index in [9.17, 15) is 9.59 Å². The minimum Gasteiger partial charge on any atom is -0.478 e. The molecule has 0 saturated heterocycles. The molecule has 0 bridgehead atoms. The number of ether oxygens (including phenoxy) is 1. The van der Waals surface area contributed by atoms with Gasteiger partial charge >= 0.3 is 11.9 Å². The Balaban J connectivity index is 2.50. The lowest BCUT2D eigenvalue weighted by atomic mass is 10.1. The second kappa shape index (κ2) is 4.09. The molecule has 2 N–H and O–H groups in total. The summed E-state index contributed by atoms with van der Waals surface area (Å²) in [5.41, 5.74) is -0.507.